The van der Waals surface area contributed by atoms with Crippen LogP contribution in [0.5, 0.6) is 0 Å². The van der Waals surface area contributed by atoms with Crippen LogP contribution in [0.25, 0.3) is 0 Å². The molecule has 1 heterocycles. The lowest BCUT2D eigenvalue weighted by Crippen LogP contribution is -2.48. The first-order valence-electron chi connectivity index (χ1n) is 5.66. The molecule has 1 N–H and O–H groups in total. The van der Waals surface area contributed by atoms with E-state index in [0.29, 0.717) is 16.2 Å². The van der Waals surface area contributed by atoms with Crippen molar-refractivity contribution >= 4 is 35.0 Å². The maximum atomic E-state index is 13.8. The Morgan fingerprint density at radius 2 is 2.17 bits per heavy atom. The van der Waals surface area contributed by atoms with Gasteiger partial charge in [0.15, 0.2) is 0 Å². The standard InChI is InChI=1S/C12H15F2IN2.ClH/c1-8-6-17(5-4-16-8)7-9-10(13)2-3-11(15)12(9)14;/h2-3,8,16H,4-7H2,1H3;1H/t8-;/m0./s1. The first kappa shape index (κ1) is 16.1. The molecule has 2 rings (SSSR count). The quantitative estimate of drug-likeness (QED) is 0.619. The van der Waals surface area contributed by atoms with E-state index < -0.39 is 11.6 Å². The van der Waals surface area contributed by atoms with Gasteiger partial charge in [-0.3, -0.25) is 4.90 Å². The lowest BCUT2D eigenvalue weighted by Gasteiger charge is -2.32. The van der Waals surface area contributed by atoms with E-state index in [1.54, 1.807) is 0 Å². The molecule has 0 amide bonds. The molecular weight excluding hydrogens is 372 g/mol. The van der Waals surface area contributed by atoms with Gasteiger partial charge in [-0.25, -0.2) is 8.78 Å². The number of piperazine rings is 1. The molecule has 1 aliphatic rings. The van der Waals surface area contributed by atoms with Crippen molar-refractivity contribution in [3.8, 4) is 0 Å². The fraction of sp³-hybridized carbons (Fsp3) is 0.500. The minimum absolute atomic E-state index is 0. The van der Waals surface area contributed by atoms with Crippen LogP contribution in [0.15, 0.2) is 12.1 Å². The van der Waals surface area contributed by atoms with Crippen LogP contribution >= 0.6 is 35.0 Å². The van der Waals surface area contributed by atoms with Gasteiger partial charge in [0.25, 0.3) is 0 Å². The topological polar surface area (TPSA) is 15.3 Å². The first-order chi connectivity index (χ1) is 8.08. The maximum Gasteiger partial charge on any atom is 0.143 e. The zero-order valence-electron chi connectivity index (χ0n) is 10.0. The van der Waals surface area contributed by atoms with Crippen molar-refractivity contribution < 1.29 is 8.78 Å². The summed E-state index contributed by atoms with van der Waals surface area (Å²) in [6.07, 6.45) is 0. The van der Waals surface area contributed by atoms with Gasteiger partial charge in [-0.15, -0.1) is 12.4 Å². The van der Waals surface area contributed by atoms with Crippen LogP contribution < -0.4 is 5.32 Å². The smallest absolute Gasteiger partial charge is 0.143 e. The molecule has 2 nitrogen and oxygen atoms in total. The molecule has 1 aromatic carbocycles. The van der Waals surface area contributed by atoms with Crippen LogP contribution in [0.2, 0.25) is 0 Å². The Morgan fingerprint density at radius 1 is 1.44 bits per heavy atom. The number of hydrogen-bond acceptors (Lipinski definition) is 2. The molecule has 18 heavy (non-hydrogen) atoms. The summed E-state index contributed by atoms with van der Waals surface area (Å²) in [5.74, 6) is -0.870. The van der Waals surface area contributed by atoms with Crippen molar-refractivity contribution in [2.75, 3.05) is 19.6 Å². The number of nitrogens with zero attached hydrogens (tertiary/aromatic N) is 1. The highest BCUT2D eigenvalue weighted by atomic mass is 127. The minimum Gasteiger partial charge on any atom is -0.312 e. The summed E-state index contributed by atoms with van der Waals surface area (Å²) in [6, 6.07) is 3.18. The predicted octanol–water partition coefficient (Wildman–Crippen LogP) is 2.78. The van der Waals surface area contributed by atoms with Gasteiger partial charge >= 0.3 is 0 Å². The SMILES string of the molecule is C[C@H]1CN(Cc2c(F)ccc(I)c2F)CCN1.Cl. The molecule has 1 atom stereocenters. The van der Waals surface area contributed by atoms with E-state index in [1.807, 2.05) is 22.6 Å². The van der Waals surface area contributed by atoms with Gasteiger partial charge in [-0.05, 0) is 41.6 Å². The molecule has 0 unspecified atom stereocenters. The van der Waals surface area contributed by atoms with Crippen LogP contribution in [0.4, 0.5) is 8.78 Å². The third-order valence-electron chi connectivity index (χ3n) is 2.97. The highest BCUT2D eigenvalue weighted by Gasteiger charge is 2.20. The van der Waals surface area contributed by atoms with E-state index in [4.69, 9.17) is 0 Å². The van der Waals surface area contributed by atoms with Gasteiger partial charge in [0.1, 0.15) is 11.6 Å². The molecule has 6 heteroatoms. The second-order valence-electron chi connectivity index (χ2n) is 4.41. The molecule has 0 bridgehead atoms. The number of benzene rings is 1. The Bertz CT molecular complexity index is 417. The third kappa shape index (κ3) is 3.76. The summed E-state index contributed by atoms with van der Waals surface area (Å²) < 4.78 is 27.9. The summed E-state index contributed by atoms with van der Waals surface area (Å²) in [5, 5.41) is 3.31. The largest absolute Gasteiger partial charge is 0.312 e. The summed E-state index contributed by atoms with van der Waals surface area (Å²) >= 11 is 1.89. The van der Waals surface area contributed by atoms with Crippen LogP contribution in [0.1, 0.15) is 12.5 Å². The van der Waals surface area contributed by atoms with Crippen molar-refractivity contribution in [2.24, 2.45) is 0 Å². The Labute approximate surface area is 126 Å². The third-order valence-corrected chi connectivity index (χ3v) is 3.81. The monoisotopic (exact) mass is 388 g/mol. The lowest BCUT2D eigenvalue weighted by molar-refractivity contribution is 0.195. The van der Waals surface area contributed by atoms with Gasteiger partial charge in [0.05, 0.1) is 0 Å². The number of halogens is 4. The maximum absolute atomic E-state index is 13.8. The van der Waals surface area contributed by atoms with E-state index in [2.05, 4.69) is 17.1 Å². The summed E-state index contributed by atoms with van der Waals surface area (Å²) in [4.78, 5) is 2.08. The van der Waals surface area contributed by atoms with Crippen molar-refractivity contribution in [1.82, 2.24) is 10.2 Å². The Morgan fingerprint density at radius 3 is 2.83 bits per heavy atom. The van der Waals surface area contributed by atoms with Crippen LogP contribution in [-0.2, 0) is 6.54 Å². The molecule has 0 spiro atoms. The summed E-state index contributed by atoms with van der Waals surface area (Å²) in [6.45, 7) is 4.95. The summed E-state index contributed by atoms with van der Waals surface area (Å²) in [5.41, 5.74) is 0.186. The van der Waals surface area contributed by atoms with Crippen molar-refractivity contribution in [1.29, 1.82) is 0 Å². The Kier molecular flexibility index (Phi) is 6.23. The molecule has 0 radical (unpaired) electrons. The van der Waals surface area contributed by atoms with Gasteiger partial charge in [-0.2, -0.15) is 0 Å². The molecule has 0 aliphatic carbocycles. The molecule has 1 aliphatic heterocycles. The molecular formula is C12H16ClF2IN2. The van der Waals surface area contributed by atoms with E-state index >= 15 is 0 Å². The number of hydrogen-bond donors (Lipinski definition) is 1. The highest BCUT2D eigenvalue weighted by Crippen LogP contribution is 2.20. The first-order valence-corrected chi connectivity index (χ1v) is 6.74. The Balaban J connectivity index is 0.00000162. The lowest BCUT2D eigenvalue weighted by atomic mass is 10.1. The minimum atomic E-state index is -0.450. The molecule has 102 valence electrons. The second kappa shape index (κ2) is 6.98. The molecule has 0 aromatic heterocycles. The fourth-order valence-corrected chi connectivity index (χ4v) is 2.60. The van der Waals surface area contributed by atoms with Crippen LogP contribution in [0.3, 0.4) is 0 Å². The summed E-state index contributed by atoms with van der Waals surface area (Å²) in [7, 11) is 0. The van der Waals surface area contributed by atoms with Gasteiger partial charge in [0.2, 0.25) is 0 Å². The fourth-order valence-electron chi connectivity index (χ4n) is 2.09. The zero-order valence-corrected chi connectivity index (χ0v) is 13.0. The van der Waals surface area contributed by atoms with Gasteiger partial charge < -0.3 is 5.32 Å². The average molecular weight is 389 g/mol. The van der Waals surface area contributed by atoms with E-state index in [9.17, 15) is 8.78 Å². The van der Waals surface area contributed by atoms with Crippen molar-refractivity contribution in [2.45, 2.75) is 19.5 Å². The number of rotatable bonds is 2. The highest BCUT2D eigenvalue weighted by molar-refractivity contribution is 14.1. The number of nitrogens with one attached hydrogen (secondary N) is 1. The van der Waals surface area contributed by atoms with Crippen LogP contribution in [0, 0.1) is 15.2 Å². The van der Waals surface area contributed by atoms with Gasteiger partial charge in [-0.1, -0.05) is 0 Å². The van der Waals surface area contributed by atoms with E-state index in [-0.39, 0.29) is 18.0 Å². The van der Waals surface area contributed by atoms with Crippen molar-refractivity contribution in [3.05, 3.63) is 32.9 Å². The molecule has 0 saturated carbocycles. The van der Waals surface area contributed by atoms with Crippen LogP contribution in [-0.4, -0.2) is 30.6 Å². The Hall–Kier alpha value is 0.0200. The second-order valence-corrected chi connectivity index (χ2v) is 5.57. The van der Waals surface area contributed by atoms with Gasteiger partial charge in [0, 0.05) is 41.4 Å². The van der Waals surface area contributed by atoms with E-state index in [1.165, 1.54) is 12.1 Å². The average Bonchev–Trinajstić information content (AvgIpc) is 2.30. The van der Waals surface area contributed by atoms with Crippen molar-refractivity contribution in [3.63, 3.8) is 0 Å². The van der Waals surface area contributed by atoms with E-state index in [0.717, 1.165) is 19.6 Å². The molecule has 1 fully saturated rings. The molecule has 1 saturated heterocycles. The normalized spacial score (nSPS) is 20.6. The predicted molar refractivity (Wildman–Crippen MR) is 79.1 cm³/mol. The molecule has 1 aromatic rings. The zero-order chi connectivity index (χ0) is 12.4.